The maximum Gasteiger partial charge on any atom is 0.0168 e. The number of nitrogens with one attached hydrogen (secondary N) is 1. The average molecular weight is 213 g/mol. The van der Waals surface area contributed by atoms with Crippen molar-refractivity contribution in [2.24, 2.45) is 11.8 Å². The average Bonchev–Trinajstić information content (AvgIpc) is 2.75. The van der Waals surface area contributed by atoms with E-state index >= 15 is 0 Å². The van der Waals surface area contributed by atoms with Crippen LogP contribution in [-0.4, -0.2) is 23.6 Å². The van der Waals surface area contributed by atoms with Gasteiger partial charge in [0.1, 0.15) is 0 Å². The van der Waals surface area contributed by atoms with Crippen molar-refractivity contribution in [2.75, 3.05) is 11.5 Å². The molecule has 14 heavy (non-hydrogen) atoms. The molecule has 1 saturated carbocycles. The lowest BCUT2D eigenvalue weighted by molar-refractivity contribution is 0.372. The van der Waals surface area contributed by atoms with E-state index in [1.165, 1.54) is 37.2 Å². The predicted molar refractivity (Wildman–Crippen MR) is 64.8 cm³/mol. The molecule has 1 N–H and O–H groups in total. The Balaban J connectivity index is 1.72. The van der Waals surface area contributed by atoms with Crippen molar-refractivity contribution in [3.8, 4) is 0 Å². The molecule has 0 amide bonds. The van der Waals surface area contributed by atoms with Crippen LogP contribution in [0.1, 0.15) is 39.5 Å². The van der Waals surface area contributed by atoms with Crippen LogP contribution in [0.3, 0.4) is 0 Å². The first-order valence-corrected chi connectivity index (χ1v) is 7.25. The highest BCUT2D eigenvalue weighted by atomic mass is 32.2. The Morgan fingerprint density at radius 3 is 2.57 bits per heavy atom. The fourth-order valence-electron chi connectivity index (χ4n) is 2.77. The summed E-state index contributed by atoms with van der Waals surface area (Å²) in [6, 6.07) is 1.67. The highest BCUT2D eigenvalue weighted by molar-refractivity contribution is 7.99. The van der Waals surface area contributed by atoms with E-state index < -0.39 is 0 Å². The van der Waals surface area contributed by atoms with Crippen LogP contribution in [0.25, 0.3) is 0 Å². The topological polar surface area (TPSA) is 12.0 Å². The van der Waals surface area contributed by atoms with Gasteiger partial charge >= 0.3 is 0 Å². The molecule has 1 nitrogen and oxygen atoms in total. The minimum Gasteiger partial charge on any atom is -0.310 e. The SMILES string of the molecule is CC(C)C1CCC(NC2CCSC2)C1. The summed E-state index contributed by atoms with van der Waals surface area (Å²) in [5, 5.41) is 3.84. The Labute approximate surface area is 92.4 Å². The van der Waals surface area contributed by atoms with Gasteiger partial charge in [-0.05, 0) is 43.3 Å². The lowest BCUT2D eigenvalue weighted by Crippen LogP contribution is -2.36. The van der Waals surface area contributed by atoms with Gasteiger partial charge in [-0.1, -0.05) is 13.8 Å². The highest BCUT2D eigenvalue weighted by Crippen LogP contribution is 2.32. The summed E-state index contributed by atoms with van der Waals surface area (Å²) in [6.07, 6.45) is 5.70. The molecule has 3 unspecified atom stereocenters. The summed E-state index contributed by atoms with van der Waals surface area (Å²) in [5.41, 5.74) is 0. The fraction of sp³-hybridized carbons (Fsp3) is 1.00. The maximum atomic E-state index is 3.84. The third kappa shape index (κ3) is 2.66. The molecule has 1 heterocycles. The molecule has 0 bridgehead atoms. The van der Waals surface area contributed by atoms with Crippen LogP contribution in [0.15, 0.2) is 0 Å². The first-order valence-electron chi connectivity index (χ1n) is 6.09. The van der Waals surface area contributed by atoms with E-state index in [1.807, 2.05) is 0 Å². The lowest BCUT2D eigenvalue weighted by Gasteiger charge is -2.19. The van der Waals surface area contributed by atoms with E-state index in [0.29, 0.717) is 0 Å². The number of hydrogen-bond donors (Lipinski definition) is 1. The minimum atomic E-state index is 0.830. The van der Waals surface area contributed by atoms with E-state index in [9.17, 15) is 0 Å². The summed E-state index contributed by atoms with van der Waals surface area (Å²) < 4.78 is 0. The quantitative estimate of drug-likeness (QED) is 0.773. The normalized spacial score (nSPS) is 38.4. The van der Waals surface area contributed by atoms with Gasteiger partial charge in [-0.2, -0.15) is 11.8 Å². The molecule has 3 atom stereocenters. The van der Waals surface area contributed by atoms with Crippen LogP contribution in [0.4, 0.5) is 0 Å². The van der Waals surface area contributed by atoms with Crippen molar-refractivity contribution in [1.82, 2.24) is 5.32 Å². The zero-order chi connectivity index (χ0) is 9.97. The molecule has 2 rings (SSSR count). The van der Waals surface area contributed by atoms with Crippen molar-refractivity contribution < 1.29 is 0 Å². The Hall–Kier alpha value is 0.310. The van der Waals surface area contributed by atoms with E-state index in [-0.39, 0.29) is 0 Å². The van der Waals surface area contributed by atoms with Gasteiger partial charge in [0, 0.05) is 17.8 Å². The highest BCUT2D eigenvalue weighted by Gasteiger charge is 2.28. The molecule has 0 radical (unpaired) electrons. The van der Waals surface area contributed by atoms with Gasteiger partial charge in [0.25, 0.3) is 0 Å². The summed E-state index contributed by atoms with van der Waals surface area (Å²) in [5.74, 6) is 4.60. The first kappa shape index (κ1) is 10.8. The van der Waals surface area contributed by atoms with Gasteiger partial charge < -0.3 is 5.32 Å². The predicted octanol–water partition coefficient (Wildman–Crippen LogP) is 2.91. The standard InChI is InChI=1S/C12H23NS/c1-9(2)10-3-4-11(7-10)13-12-5-6-14-8-12/h9-13H,3-8H2,1-2H3. The van der Waals surface area contributed by atoms with Gasteiger partial charge in [0.2, 0.25) is 0 Å². The molecule has 0 aromatic rings. The lowest BCUT2D eigenvalue weighted by atomic mass is 9.94. The molecule has 1 aliphatic carbocycles. The largest absolute Gasteiger partial charge is 0.310 e. The molecule has 2 aliphatic rings. The summed E-state index contributed by atoms with van der Waals surface area (Å²) in [7, 11) is 0. The van der Waals surface area contributed by atoms with Crippen LogP contribution in [-0.2, 0) is 0 Å². The molecule has 0 aromatic heterocycles. The third-order valence-electron chi connectivity index (χ3n) is 3.82. The van der Waals surface area contributed by atoms with E-state index in [2.05, 4.69) is 30.9 Å². The molecule has 82 valence electrons. The molecular weight excluding hydrogens is 190 g/mol. The zero-order valence-corrected chi connectivity index (χ0v) is 10.3. The fourth-order valence-corrected chi connectivity index (χ4v) is 3.94. The smallest absolute Gasteiger partial charge is 0.0168 e. The minimum absolute atomic E-state index is 0.830. The summed E-state index contributed by atoms with van der Waals surface area (Å²) >= 11 is 2.11. The Bertz CT molecular complexity index is 175. The molecule has 0 spiro atoms. The van der Waals surface area contributed by atoms with Crippen LogP contribution in [0.5, 0.6) is 0 Å². The summed E-state index contributed by atoms with van der Waals surface area (Å²) in [4.78, 5) is 0. The Morgan fingerprint density at radius 1 is 1.14 bits per heavy atom. The second-order valence-electron chi connectivity index (χ2n) is 5.24. The molecule has 1 saturated heterocycles. The van der Waals surface area contributed by atoms with Crippen molar-refractivity contribution in [2.45, 2.75) is 51.6 Å². The van der Waals surface area contributed by atoms with Crippen LogP contribution >= 0.6 is 11.8 Å². The third-order valence-corrected chi connectivity index (χ3v) is 4.98. The van der Waals surface area contributed by atoms with Crippen molar-refractivity contribution in [3.63, 3.8) is 0 Å². The summed E-state index contributed by atoms with van der Waals surface area (Å²) in [6.45, 7) is 4.75. The molecule has 1 aliphatic heterocycles. The molecule has 2 fully saturated rings. The Kier molecular flexibility index (Phi) is 3.78. The molecule has 2 heteroatoms. The van der Waals surface area contributed by atoms with Crippen LogP contribution < -0.4 is 5.32 Å². The van der Waals surface area contributed by atoms with Gasteiger partial charge in [0.05, 0.1) is 0 Å². The van der Waals surface area contributed by atoms with Gasteiger partial charge in [0.15, 0.2) is 0 Å². The van der Waals surface area contributed by atoms with Gasteiger partial charge in [-0.3, -0.25) is 0 Å². The van der Waals surface area contributed by atoms with Crippen LogP contribution in [0.2, 0.25) is 0 Å². The Morgan fingerprint density at radius 2 is 2.00 bits per heavy atom. The van der Waals surface area contributed by atoms with Crippen molar-refractivity contribution in [3.05, 3.63) is 0 Å². The van der Waals surface area contributed by atoms with Gasteiger partial charge in [-0.15, -0.1) is 0 Å². The molecular formula is C12H23NS. The van der Waals surface area contributed by atoms with Crippen molar-refractivity contribution >= 4 is 11.8 Å². The number of rotatable bonds is 3. The van der Waals surface area contributed by atoms with Crippen LogP contribution in [0, 0.1) is 11.8 Å². The second kappa shape index (κ2) is 4.89. The second-order valence-corrected chi connectivity index (χ2v) is 6.39. The number of thioether (sulfide) groups is 1. The molecule has 0 aromatic carbocycles. The van der Waals surface area contributed by atoms with Crippen molar-refractivity contribution in [1.29, 1.82) is 0 Å². The number of hydrogen-bond acceptors (Lipinski definition) is 2. The van der Waals surface area contributed by atoms with E-state index in [1.54, 1.807) is 0 Å². The maximum absolute atomic E-state index is 3.84. The zero-order valence-electron chi connectivity index (χ0n) is 9.46. The van der Waals surface area contributed by atoms with E-state index in [0.717, 1.165) is 23.9 Å². The first-order chi connectivity index (χ1) is 6.75. The monoisotopic (exact) mass is 213 g/mol. The van der Waals surface area contributed by atoms with E-state index in [4.69, 9.17) is 0 Å². The van der Waals surface area contributed by atoms with Gasteiger partial charge in [-0.25, -0.2) is 0 Å².